The number of sulfonamides is 1. The average Bonchev–Trinajstić information content (AvgIpc) is 3.01. The van der Waals surface area contributed by atoms with Crippen molar-refractivity contribution < 1.29 is 45.0 Å². The van der Waals surface area contributed by atoms with E-state index in [0.29, 0.717) is 35.5 Å². The minimum atomic E-state index is -4.65. The van der Waals surface area contributed by atoms with Gasteiger partial charge in [-0.05, 0) is 91.3 Å². The first kappa shape index (κ1) is 32.8. The normalized spacial score (nSPS) is 11.7. The zero-order chi connectivity index (χ0) is 32.5. The van der Waals surface area contributed by atoms with Gasteiger partial charge in [0.05, 0.1) is 23.3 Å². The molecule has 14 heteroatoms. The number of nitrogens with one attached hydrogen (secondary N) is 2. The third kappa shape index (κ3) is 9.44. The molecule has 0 fully saturated rings. The SMILES string of the molecule is CCOc1cc(/C=N/NC(=O)c2cccc(S(=O)(=O)Nc3cccc(C(F)(F)F)c3)c2)ccc1OCCOc1ccc(F)cc1. The summed E-state index contributed by atoms with van der Waals surface area (Å²) in [7, 11) is -4.32. The van der Waals surface area contributed by atoms with Gasteiger partial charge < -0.3 is 14.2 Å². The van der Waals surface area contributed by atoms with Crippen LogP contribution in [0.15, 0.2) is 101 Å². The molecule has 4 rings (SSSR count). The predicted molar refractivity (Wildman–Crippen MR) is 159 cm³/mol. The predicted octanol–water partition coefficient (Wildman–Crippen LogP) is 6.27. The summed E-state index contributed by atoms with van der Waals surface area (Å²) in [5, 5.41) is 3.92. The average molecular weight is 646 g/mol. The summed E-state index contributed by atoms with van der Waals surface area (Å²) >= 11 is 0. The van der Waals surface area contributed by atoms with E-state index >= 15 is 0 Å². The molecule has 2 N–H and O–H groups in total. The second-order valence-electron chi connectivity index (χ2n) is 9.20. The smallest absolute Gasteiger partial charge is 0.416 e. The van der Waals surface area contributed by atoms with Crippen molar-refractivity contribution in [1.29, 1.82) is 0 Å². The van der Waals surface area contributed by atoms with Crippen LogP contribution in [-0.2, 0) is 16.2 Å². The summed E-state index contributed by atoms with van der Waals surface area (Å²) in [5.41, 5.74) is 1.50. The Hall–Kier alpha value is -5.11. The molecule has 45 heavy (non-hydrogen) atoms. The number of carbonyl (C=O) groups is 1. The number of nitrogens with zero attached hydrogens (tertiary/aromatic N) is 1. The van der Waals surface area contributed by atoms with E-state index in [1.165, 1.54) is 54.7 Å². The lowest BCUT2D eigenvalue weighted by Gasteiger charge is -2.13. The van der Waals surface area contributed by atoms with Crippen LogP contribution in [0.25, 0.3) is 0 Å². The van der Waals surface area contributed by atoms with Crippen molar-refractivity contribution >= 4 is 27.8 Å². The van der Waals surface area contributed by atoms with Crippen molar-refractivity contribution in [2.75, 3.05) is 24.5 Å². The fourth-order valence-electron chi connectivity index (χ4n) is 3.84. The molecular formula is C31H27F4N3O6S. The minimum Gasteiger partial charge on any atom is -0.490 e. The van der Waals surface area contributed by atoms with Crippen LogP contribution >= 0.6 is 0 Å². The Morgan fingerprint density at radius 3 is 2.33 bits per heavy atom. The molecule has 0 aliphatic carbocycles. The zero-order valence-corrected chi connectivity index (χ0v) is 24.5. The van der Waals surface area contributed by atoms with Crippen molar-refractivity contribution in [3.05, 3.63) is 114 Å². The molecule has 0 bridgehead atoms. The molecule has 0 aromatic heterocycles. The second kappa shape index (κ2) is 14.6. The Bertz CT molecular complexity index is 1760. The summed E-state index contributed by atoms with van der Waals surface area (Å²) in [6, 6.07) is 19.2. The molecule has 0 aliphatic heterocycles. The molecule has 0 unspecified atom stereocenters. The molecule has 0 aliphatic rings. The molecule has 4 aromatic rings. The van der Waals surface area contributed by atoms with E-state index in [0.717, 1.165) is 18.2 Å². The number of anilines is 1. The van der Waals surface area contributed by atoms with Gasteiger partial charge in [-0.15, -0.1) is 0 Å². The van der Waals surface area contributed by atoms with Crippen molar-refractivity contribution in [2.45, 2.75) is 18.0 Å². The van der Waals surface area contributed by atoms with E-state index in [-0.39, 0.29) is 35.2 Å². The largest absolute Gasteiger partial charge is 0.490 e. The first-order valence-electron chi connectivity index (χ1n) is 13.4. The number of benzene rings is 4. The molecule has 9 nitrogen and oxygen atoms in total. The maximum Gasteiger partial charge on any atom is 0.416 e. The monoisotopic (exact) mass is 645 g/mol. The van der Waals surface area contributed by atoms with Crippen LogP contribution in [0.1, 0.15) is 28.4 Å². The quantitative estimate of drug-likeness (QED) is 0.0767. The lowest BCUT2D eigenvalue weighted by Crippen LogP contribution is -2.19. The van der Waals surface area contributed by atoms with Gasteiger partial charge in [0, 0.05) is 11.3 Å². The van der Waals surface area contributed by atoms with Crippen molar-refractivity contribution in [3.8, 4) is 17.2 Å². The molecule has 4 aromatic carbocycles. The zero-order valence-electron chi connectivity index (χ0n) is 23.7. The van der Waals surface area contributed by atoms with Gasteiger partial charge in [0.1, 0.15) is 24.8 Å². The standard InChI is InChI=1S/C31H27F4N3O6S/c1-2-42-29-17-21(9-14-28(29)44-16-15-43-26-12-10-24(32)11-13-26)20-36-37-30(39)22-5-3-8-27(18-22)45(40,41)38-25-7-4-6-23(19-25)31(33,34)35/h3-14,17-20,38H,2,15-16H2,1H3,(H,37,39)/b36-20+. The van der Waals surface area contributed by atoms with Crippen LogP contribution in [0, 0.1) is 5.82 Å². The topological polar surface area (TPSA) is 115 Å². The van der Waals surface area contributed by atoms with Gasteiger partial charge in [-0.25, -0.2) is 18.2 Å². The van der Waals surface area contributed by atoms with Gasteiger partial charge >= 0.3 is 6.18 Å². The van der Waals surface area contributed by atoms with E-state index < -0.39 is 27.7 Å². The van der Waals surface area contributed by atoms with Crippen LogP contribution in [0.4, 0.5) is 23.2 Å². The molecule has 0 saturated carbocycles. The Morgan fingerprint density at radius 1 is 0.867 bits per heavy atom. The first-order valence-corrected chi connectivity index (χ1v) is 14.8. The number of ether oxygens (including phenoxy) is 3. The van der Waals surface area contributed by atoms with E-state index in [1.807, 2.05) is 0 Å². The van der Waals surface area contributed by atoms with Crippen molar-refractivity contribution in [3.63, 3.8) is 0 Å². The number of amides is 1. The summed E-state index contributed by atoms with van der Waals surface area (Å²) in [5.74, 6) is 0.265. The molecule has 236 valence electrons. The molecule has 0 heterocycles. The van der Waals surface area contributed by atoms with E-state index in [4.69, 9.17) is 14.2 Å². The fraction of sp³-hybridized carbons (Fsp3) is 0.161. The number of carbonyl (C=O) groups excluding carboxylic acids is 1. The van der Waals surface area contributed by atoms with E-state index in [9.17, 15) is 30.8 Å². The molecule has 1 amide bonds. The lowest BCUT2D eigenvalue weighted by atomic mass is 10.2. The molecule has 0 atom stereocenters. The molecule has 0 spiro atoms. The highest BCUT2D eigenvalue weighted by molar-refractivity contribution is 7.92. The Balaban J connectivity index is 1.36. The van der Waals surface area contributed by atoms with Crippen LogP contribution < -0.4 is 24.4 Å². The van der Waals surface area contributed by atoms with Crippen LogP contribution in [-0.4, -0.2) is 40.4 Å². The Kier molecular flexibility index (Phi) is 10.6. The molecule has 0 radical (unpaired) electrons. The molecular weight excluding hydrogens is 618 g/mol. The summed E-state index contributed by atoms with van der Waals surface area (Å²) in [4.78, 5) is 12.3. The van der Waals surface area contributed by atoms with Gasteiger partial charge in [-0.2, -0.15) is 18.3 Å². The van der Waals surface area contributed by atoms with E-state index in [2.05, 4.69) is 15.2 Å². The second-order valence-corrected chi connectivity index (χ2v) is 10.9. The minimum absolute atomic E-state index is 0.0549. The van der Waals surface area contributed by atoms with Crippen LogP contribution in [0.3, 0.4) is 0 Å². The molecule has 0 saturated heterocycles. The van der Waals surface area contributed by atoms with Crippen molar-refractivity contribution in [2.24, 2.45) is 5.10 Å². The summed E-state index contributed by atoms with van der Waals surface area (Å²) < 4.78 is 96.7. The Morgan fingerprint density at radius 2 is 1.60 bits per heavy atom. The first-order chi connectivity index (χ1) is 21.4. The number of rotatable bonds is 13. The number of hydrogen-bond acceptors (Lipinski definition) is 7. The van der Waals surface area contributed by atoms with Crippen molar-refractivity contribution in [1.82, 2.24) is 5.43 Å². The van der Waals surface area contributed by atoms with Gasteiger partial charge in [-0.3, -0.25) is 9.52 Å². The highest BCUT2D eigenvalue weighted by Crippen LogP contribution is 2.31. The number of hydrazone groups is 1. The van der Waals surface area contributed by atoms with E-state index in [1.54, 1.807) is 25.1 Å². The fourth-order valence-corrected chi connectivity index (χ4v) is 4.94. The van der Waals surface area contributed by atoms with Crippen LogP contribution in [0.5, 0.6) is 17.2 Å². The van der Waals surface area contributed by atoms with Gasteiger partial charge in [0.2, 0.25) is 0 Å². The maximum atomic E-state index is 13.0. The summed E-state index contributed by atoms with van der Waals surface area (Å²) in [6.07, 6.45) is -3.31. The summed E-state index contributed by atoms with van der Waals surface area (Å²) in [6.45, 7) is 2.54. The van der Waals surface area contributed by atoms with Crippen LogP contribution in [0.2, 0.25) is 0 Å². The Labute approximate surface area is 256 Å². The van der Waals surface area contributed by atoms with Gasteiger partial charge in [0.15, 0.2) is 11.5 Å². The third-order valence-corrected chi connectivity index (χ3v) is 7.30. The number of halogens is 4. The lowest BCUT2D eigenvalue weighted by molar-refractivity contribution is -0.137. The highest BCUT2D eigenvalue weighted by atomic mass is 32.2. The van der Waals surface area contributed by atoms with Gasteiger partial charge in [-0.1, -0.05) is 12.1 Å². The van der Waals surface area contributed by atoms with Gasteiger partial charge in [0.25, 0.3) is 15.9 Å². The number of alkyl halides is 3. The third-order valence-electron chi connectivity index (χ3n) is 5.92. The maximum absolute atomic E-state index is 13.0. The number of hydrogen-bond donors (Lipinski definition) is 2. The highest BCUT2D eigenvalue weighted by Gasteiger charge is 2.30.